The van der Waals surface area contributed by atoms with Crippen LogP contribution in [0.3, 0.4) is 0 Å². The van der Waals surface area contributed by atoms with Crippen LogP contribution in [0.15, 0.2) is 24.3 Å². The van der Waals surface area contributed by atoms with E-state index in [0.29, 0.717) is 12.5 Å². The van der Waals surface area contributed by atoms with Crippen molar-refractivity contribution in [3.63, 3.8) is 0 Å². The summed E-state index contributed by atoms with van der Waals surface area (Å²) in [6.07, 6.45) is 4.94. The zero-order chi connectivity index (χ0) is 14.4. The molecule has 1 aromatic carbocycles. The second kappa shape index (κ2) is 7.36. The first-order valence-electron chi connectivity index (χ1n) is 7.29. The van der Waals surface area contributed by atoms with E-state index in [0.717, 1.165) is 31.5 Å². The molecule has 110 valence electrons. The molecule has 0 amide bonds. The van der Waals surface area contributed by atoms with Crippen LogP contribution in [0.2, 0.25) is 0 Å². The third-order valence-electron chi connectivity index (χ3n) is 4.05. The molecule has 0 saturated carbocycles. The first-order chi connectivity index (χ1) is 9.72. The summed E-state index contributed by atoms with van der Waals surface area (Å²) in [4.78, 5) is 13.1. The van der Waals surface area contributed by atoms with Crippen molar-refractivity contribution in [1.82, 2.24) is 4.90 Å². The van der Waals surface area contributed by atoms with Crippen molar-refractivity contribution in [1.29, 1.82) is 0 Å². The fourth-order valence-electron chi connectivity index (χ4n) is 3.01. The van der Waals surface area contributed by atoms with Crippen LogP contribution in [0.4, 0.5) is 5.69 Å². The number of nitrogens with zero attached hydrogens (tertiary/aromatic N) is 2. The third kappa shape index (κ3) is 3.77. The number of rotatable bonds is 7. The Morgan fingerprint density at radius 2 is 2.20 bits per heavy atom. The molecule has 0 bridgehead atoms. The Balaban J connectivity index is 1.93. The molecule has 1 heterocycles. The van der Waals surface area contributed by atoms with E-state index in [2.05, 4.69) is 4.90 Å². The monoisotopic (exact) mass is 278 g/mol. The van der Waals surface area contributed by atoms with E-state index >= 15 is 0 Å². The summed E-state index contributed by atoms with van der Waals surface area (Å²) in [5.41, 5.74) is 1.03. The van der Waals surface area contributed by atoms with Crippen LogP contribution in [0.5, 0.6) is 0 Å². The fraction of sp³-hybridized carbons (Fsp3) is 0.600. The van der Waals surface area contributed by atoms with Crippen LogP contribution in [0.25, 0.3) is 0 Å². The summed E-state index contributed by atoms with van der Waals surface area (Å²) in [7, 11) is 0. The molecule has 1 saturated heterocycles. The second-order valence-corrected chi connectivity index (χ2v) is 5.33. The minimum atomic E-state index is -0.303. The predicted molar refractivity (Wildman–Crippen MR) is 77.7 cm³/mol. The van der Waals surface area contributed by atoms with Gasteiger partial charge in [0, 0.05) is 30.8 Å². The highest BCUT2D eigenvalue weighted by Crippen LogP contribution is 2.23. The average molecular weight is 278 g/mol. The maximum Gasteiger partial charge on any atom is 0.272 e. The van der Waals surface area contributed by atoms with E-state index in [4.69, 9.17) is 5.11 Å². The summed E-state index contributed by atoms with van der Waals surface area (Å²) >= 11 is 0. The van der Waals surface area contributed by atoms with Crippen molar-refractivity contribution in [2.24, 2.45) is 0 Å². The Hall–Kier alpha value is -1.46. The molecule has 1 aromatic rings. The van der Waals surface area contributed by atoms with Gasteiger partial charge in [-0.05, 0) is 38.6 Å². The molecule has 1 fully saturated rings. The molecule has 5 heteroatoms. The molecular formula is C15H22N2O3. The topological polar surface area (TPSA) is 66.6 Å². The highest BCUT2D eigenvalue weighted by atomic mass is 16.6. The number of para-hydroxylation sites is 1. The molecule has 0 radical (unpaired) electrons. The van der Waals surface area contributed by atoms with Gasteiger partial charge < -0.3 is 10.0 Å². The van der Waals surface area contributed by atoms with Gasteiger partial charge in [-0.1, -0.05) is 18.2 Å². The molecule has 5 nitrogen and oxygen atoms in total. The van der Waals surface area contributed by atoms with Crippen molar-refractivity contribution in [3.05, 3.63) is 39.9 Å². The molecule has 0 aromatic heterocycles. The zero-order valence-corrected chi connectivity index (χ0v) is 11.7. The molecule has 1 atom stereocenters. The molecule has 0 spiro atoms. The molecule has 1 aliphatic heterocycles. The number of nitro groups is 1. The third-order valence-corrected chi connectivity index (χ3v) is 4.05. The molecule has 0 aliphatic carbocycles. The fourth-order valence-corrected chi connectivity index (χ4v) is 3.01. The summed E-state index contributed by atoms with van der Waals surface area (Å²) in [5, 5.41) is 19.9. The summed E-state index contributed by atoms with van der Waals surface area (Å²) in [6, 6.07) is 7.52. The molecule has 2 rings (SSSR count). The smallest absolute Gasteiger partial charge is 0.272 e. The minimum Gasteiger partial charge on any atom is -0.396 e. The zero-order valence-electron chi connectivity index (χ0n) is 11.7. The van der Waals surface area contributed by atoms with E-state index in [1.54, 1.807) is 12.1 Å². The predicted octanol–water partition coefficient (Wildman–Crippen LogP) is 2.37. The SMILES string of the molecule is O=[N+]([O-])c1ccccc1CCN1CCCC1CCCO. The highest BCUT2D eigenvalue weighted by Gasteiger charge is 2.24. The lowest BCUT2D eigenvalue weighted by Gasteiger charge is -2.24. The summed E-state index contributed by atoms with van der Waals surface area (Å²) < 4.78 is 0. The quantitative estimate of drug-likeness (QED) is 0.614. The van der Waals surface area contributed by atoms with Gasteiger partial charge in [0.05, 0.1) is 4.92 Å². The van der Waals surface area contributed by atoms with Gasteiger partial charge in [0.1, 0.15) is 0 Å². The van der Waals surface area contributed by atoms with Crippen LogP contribution in [0, 0.1) is 10.1 Å². The first kappa shape index (κ1) is 14.9. The molecule has 1 aliphatic rings. The van der Waals surface area contributed by atoms with E-state index < -0.39 is 0 Å². The van der Waals surface area contributed by atoms with Gasteiger partial charge in [-0.25, -0.2) is 0 Å². The van der Waals surface area contributed by atoms with Crippen LogP contribution in [0.1, 0.15) is 31.2 Å². The number of aliphatic hydroxyl groups is 1. The highest BCUT2D eigenvalue weighted by molar-refractivity contribution is 5.39. The minimum absolute atomic E-state index is 0.221. The van der Waals surface area contributed by atoms with Crippen molar-refractivity contribution in [3.8, 4) is 0 Å². The van der Waals surface area contributed by atoms with Gasteiger partial charge in [0.2, 0.25) is 0 Å². The first-order valence-corrected chi connectivity index (χ1v) is 7.29. The van der Waals surface area contributed by atoms with Crippen LogP contribution >= 0.6 is 0 Å². The molecular weight excluding hydrogens is 256 g/mol. The van der Waals surface area contributed by atoms with Gasteiger partial charge in [-0.2, -0.15) is 0 Å². The maximum absolute atomic E-state index is 11.0. The molecule has 20 heavy (non-hydrogen) atoms. The number of nitro benzene ring substituents is 1. The lowest BCUT2D eigenvalue weighted by Crippen LogP contribution is -2.31. The molecule has 1 N–H and O–H groups in total. The van der Waals surface area contributed by atoms with Crippen molar-refractivity contribution in [2.75, 3.05) is 19.7 Å². The summed E-state index contributed by atoms with van der Waals surface area (Å²) in [6.45, 7) is 2.17. The lowest BCUT2D eigenvalue weighted by atomic mass is 10.1. The Morgan fingerprint density at radius 3 is 2.95 bits per heavy atom. The van der Waals surface area contributed by atoms with Crippen molar-refractivity contribution < 1.29 is 10.0 Å². The number of benzene rings is 1. The number of aliphatic hydroxyl groups excluding tert-OH is 1. The van der Waals surface area contributed by atoms with E-state index in [9.17, 15) is 10.1 Å². The standard InChI is InChI=1S/C15H22N2O3/c18-12-4-7-14-6-3-10-16(14)11-9-13-5-1-2-8-15(13)17(19)20/h1-2,5,8,14,18H,3-4,6-7,9-12H2. The van der Waals surface area contributed by atoms with Gasteiger partial charge >= 0.3 is 0 Å². The summed E-state index contributed by atoms with van der Waals surface area (Å²) in [5.74, 6) is 0. The van der Waals surface area contributed by atoms with E-state index in [1.165, 1.54) is 12.8 Å². The number of likely N-dealkylation sites (tertiary alicyclic amines) is 1. The van der Waals surface area contributed by atoms with Gasteiger partial charge in [0.15, 0.2) is 0 Å². The van der Waals surface area contributed by atoms with Crippen LogP contribution in [-0.2, 0) is 6.42 Å². The lowest BCUT2D eigenvalue weighted by molar-refractivity contribution is -0.385. The van der Waals surface area contributed by atoms with Gasteiger partial charge in [0.25, 0.3) is 5.69 Å². The van der Waals surface area contributed by atoms with Crippen LogP contribution in [-0.4, -0.2) is 40.7 Å². The van der Waals surface area contributed by atoms with Gasteiger partial charge in [-0.15, -0.1) is 0 Å². The maximum atomic E-state index is 11.0. The van der Waals surface area contributed by atoms with E-state index in [-0.39, 0.29) is 17.2 Å². The average Bonchev–Trinajstić information content (AvgIpc) is 2.90. The number of hydrogen-bond donors (Lipinski definition) is 1. The Labute approximate surface area is 119 Å². The van der Waals surface area contributed by atoms with E-state index in [1.807, 2.05) is 12.1 Å². The van der Waals surface area contributed by atoms with Crippen LogP contribution < -0.4 is 0 Å². The largest absolute Gasteiger partial charge is 0.396 e. The van der Waals surface area contributed by atoms with Crippen molar-refractivity contribution in [2.45, 2.75) is 38.1 Å². The molecule has 1 unspecified atom stereocenters. The Kier molecular flexibility index (Phi) is 5.49. The Bertz CT molecular complexity index is 450. The number of hydrogen-bond acceptors (Lipinski definition) is 4. The normalized spacial score (nSPS) is 19.4. The second-order valence-electron chi connectivity index (χ2n) is 5.33. The Morgan fingerprint density at radius 1 is 1.40 bits per heavy atom. The van der Waals surface area contributed by atoms with Crippen molar-refractivity contribution >= 4 is 5.69 Å². The van der Waals surface area contributed by atoms with Gasteiger partial charge in [-0.3, -0.25) is 10.1 Å².